The fraction of sp³-hybridized carbons (Fsp3) is 0.462. The van der Waals surface area contributed by atoms with Crippen molar-refractivity contribution in [1.82, 2.24) is 0 Å². The second-order valence-electron chi connectivity index (χ2n) is 4.42. The molecule has 0 fully saturated rings. The van der Waals surface area contributed by atoms with E-state index < -0.39 is 17.2 Å². The lowest BCUT2D eigenvalue weighted by molar-refractivity contribution is -0.143. The summed E-state index contributed by atoms with van der Waals surface area (Å²) in [6.07, 6.45) is 1.33. The lowest BCUT2D eigenvalue weighted by atomic mass is 9.78. The topological polar surface area (TPSA) is 57.5 Å². The summed E-state index contributed by atoms with van der Waals surface area (Å²) in [7, 11) is 0. The number of hydrogen-bond acceptors (Lipinski definition) is 2. The SMILES string of the molecule is CC(CCCCO)(C(=O)O)c1cccc(Br)c1F. The van der Waals surface area contributed by atoms with Gasteiger partial charge >= 0.3 is 5.97 Å². The molecule has 1 aromatic rings. The van der Waals surface area contributed by atoms with Crippen LogP contribution in [0.4, 0.5) is 4.39 Å². The number of carbonyl (C=O) groups is 1. The van der Waals surface area contributed by atoms with Crippen molar-refractivity contribution in [2.75, 3.05) is 6.61 Å². The number of carboxylic acid groups (broad SMARTS) is 1. The van der Waals surface area contributed by atoms with Gasteiger partial charge in [0.15, 0.2) is 0 Å². The Labute approximate surface area is 114 Å². The van der Waals surface area contributed by atoms with Crippen LogP contribution in [0.3, 0.4) is 0 Å². The zero-order chi connectivity index (χ0) is 13.8. The maximum atomic E-state index is 14.0. The summed E-state index contributed by atoms with van der Waals surface area (Å²) >= 11 is 3.06. The summed E-state index contributed by atoms with van der Waals surface area (Å²) < 4.78 is 14.3. The average molecular weight is 319 g/mol. The van der Waals surface area contributed by atoms with E-state index in [0.29, 0.717) is 12.8 Å². The third kappa shape index (κ3) is 3.09. The van der Waals surface area contributed by atoms with Gasteiger partial charge in [0.2, 0.25) is 0 Å². The third-order valence-electron chi connectivity index (χ3n) is 3.10. The first-order valence-electron chi connectivity index (χ1n) is 5.72. The van der Waals surface area contributed by atoms with E-state index in [4.69, 9.17) is 5.11 Å². The number of hydrogen-bond donors (Lipinski definition) is 2. The van der Waals surface area contributed by atoms with Gasteiger partial charge in [0.25, 0.3) is 0 Å². The lowest BCUT2D eigenvalue weighted by Crippen LogP contribution is -2.33. The molecule has 1 unspecified atom stereocenters. The molecule has 3 nitrogen and oxygen atoms in total. The number of aliphatic hydroxyl groups excluding tert-OH is 1. The van der Waals surface area contributed by atoms with Crippen molar-refractivity contribution in [2.24, 2.45) is 0 Å². The van der Waals surface area contributed by atoms with E-state index in [1.54, 1.807) is 6.07 Å². The Hall–Kier alpha value is -0.940. The largest absolute Gasteiger partial charge is 0.481 e. The number of benzene rings is 1. The van der Waals surface area contributed by atoms with Gasteiger partial charge < -0.3 is 10.2 Å². The van der Waals surface area contributed by atoms with Crippen LogP contribution >= 0.6 is 15.9 Å². The minimum atomic E-state index is -1.27. The molecule has 0 spiro atoms. The summed E-state index contributed by atoms with van der Waals surface area (Å²) in [4.78, 5) is 11.4. The Balaban J connectivity index is 3.11. The highest BCUT2D eigenvalue weighted by molar-refractivity contribution is 9.10. The van der Waals surface area contributed by atoms with Crippen molar-refractivity contribution < 1.29 is 19.4 Å². The minimum absolute atomic E-state index is 0.0106. The maximum Gasteiger partial charge on any atom is 0.313 e. The van der Waals surface area contributed by atoms with Crippen molar-refractivity contribution in [3.8, 4) is 0 Å². The molecule has 0 heterocycles. The van der Waals surface area contributed by atoms with Crippen LogP contribution in [0.25, 0.3) is 0 Å². The number of unbranched alkanes of at least 4 members (excludes halogenated alkanes) is 1. The van der Waals surface area contributed by atoms with Gasteiger partial charge in [-0.1, -0.05) is 12.1 Å². The van der Waals surface area contributed by atoms with Crippen LogP contribution in [0.5, 0.6) is 0 Å². The number of carboxylic acids is 1. The number of aliphatic hydroxyl groups is 1. The van der Waals surface area contributed by atoms with Gasteiger partial charge in [-0.05, 0) is 48.2 Å². The van der Waals surface area contributed by atoms with Gasteiger partial charge in [0.05, 0.1) is 9.89 Å². The monoisotopic (exact) mass is 318 g/mol. The zero-order valence-corrected chi connectivity index (χ0v) is 11.7. The normalized spacial score (nSPS) is 14.2. The molecule has 0 aliphatic rings. The Kier molecular flexibility index (Phi) is 5.28. The highest BCUT2D eigenvalue weighted by Gasteiger charge is 2.37. The molecule has 0 bridgehead atoms. The predicted molar refractivity (Wildman–Crippen MR) is 70.0 cm³/mol. The molecule has 0 radical (unpaired) electrons. The molecule has 0 aliphatic heterocycles. The van der Waals surface area contributed by atoms with Crippen LogP contribution in [0, 0.1) is 5.82 Å². The fourth-order valence-electron chi connectivity index (χ4n) is 1.88. The first-order chi connectivity index (χ1) is 8.43. The van der Waals surface area contributed by atoms with Crippen LogP contribution < -0.4 is 0 Å². The summed E-state index contributed by atoms with van der Waals surface area (Å²) in [5.41, 5.74) is -1.11. The van der Waals surface area contributed by atoms with E-state index in [1.807, 2.05) is 0 Å². The summed E-state index contributed by atoms with van der Waals surface area (Å²) in [5.74, 6) is -1.59. The number of aliphatic carboxylic acids is 1. The second-order valence-corrected chi connectivity index (χ2v) is 5.27. The van der Waals surface area contributed by atoms with Crippen LogP contribution in [-0.4, -0.2) is 22.8 Å². The summed E-state index contributed by atoms with van der Waals surface area (Å²) in [6.45, 7) is 1.52. The van der Waals surface area contributed by atoms with Crippen molar-refractivity contribution in [1.29, 1.82) is 0 Å². The molecule has 0 saturated carbocycles. The molecule has 0 amide bonds. The molecule has 2 N–H and O–H groups in total. The van der Waals surface area contributed by atoms with Gasteiger partial charge in [-0.15, -0.1) is 0 Å². The van der Waals surface area contributed by atoms with E-state index in [1.165, 1.54) is 19.1 Å². The van der Waals surface area contributed by atoms with Crippen LogP contribution in [0.1, 0.15) is 31.7 Å². The van der Waals surface area contributed by atoms with Crippen molar-refractivity contribution in [3.63, 3.8) is 0 Å². The highest BCUT2D eigenvalue weighted by atomic mass is 79.9. The Morgan fingerprint density at radius 3 is 2.67 bits per heavy atom. The Morgan fingerprint density at radius 2 is 2.11 bits per heavy atom. The zero-order valence-electron chi connectivity index (χ0n) is 10.1. The number of rotatable bonds is 6. The predicted octanol–water partition coefficient (Wildman–Crippen LogP) is 3.09. The first kappa shape index (κ1) is 15.1. The van der Waals surface area contributed by atoms with Crippen molar-refractivity contribution in [3.05, 3.63) is 34.1 Å². The lowest BCUT2D eigenvalue weighted by Gasteiger charge is -2.26. The summed E-state index contributed by atoms with van der Waals surface area (Å²) in [5, 5.41) is 18.1. The van der Waals surface area contributed by atoms with Gasteiger partial charge in [-0.25, -0.2) is 4.39 Å². The highest BCUT2D eigenvalue weighted by Crippen LogP contribution is 2.34. The molecule has 0 saturated heterocycles. The molecule has 0 aromatic heterocycles. The quantitative estimate of drug-likeness (QED) is 0.792. The van der Waals surface area contributed by atoms with E-state index in [0.717, 1.165) is 0 Å². The van der Waals surface area contributed by atoms with Gasteiger partial charge in [-0.2, -0.15) is 0 Å². The molecule has 18 heavy (non-hydrogen) atoms. The molecule has 1 rings (SSSR count). The fourth-order valence-corrected chi connectivity index (χ4v) is 2.24. The van der Waals surface area contributed by atoms with E-state index in [-0.39, 0.29) is 23.1 Å². The minimum Gasteiger partial charge on any atom is -0.481 e. The molecule has 100 valence electrons. The van der Waals surface area contributed by atoms with Crippen molar-refractivity contribution in [2.45, 2.75) is 31.6 Å². The summed E-state index contributed by atoms with van der Waals surface area (Å²) in [6, 6.07) is 4.65. The van der Waals surface area contributed by atoms with Crippen LogP contribution in [-0.2, 0) is 10.2 Å². The molecular formula is C13H16BrFO3. The number of halogens is 2. The molecule has 5 heteroatoms. The van der Waals surface area contributed by atoms with Gasteiger partial charge in [0, 0.05) is 12.2 Å². The first-order valence-corrected chi connectivity index (χ1v) is 6.51. The second kappa shape index (κ2) is 6.29. The molecule has 0 aliphatic carbocycles. The van der Waals surface area contributed by atoms with E-state index in [2.05, 4.69) is 15.9 Å². The smallest absolute Gasteiger partial charge is 0.313 e. The average Bonchev–Trinajstić information content (AvgIpc) is 2.32. The standard InChI is InChI=1S/C13H16BrFO3/c1-13(12(17)18,7-2-3-8-16)9-5-4-6-10(14)11(9)15/h4-6,16H,2-3,7-8H2,1H3,(H,17,18). The Morgan fingerprint density at radius 1 is 1.44 bits per heavy atom. The van der Waals surface area contributed by atoms with E-state index >= 15 is 0 Å². The third-order valence-corrected chi connectivity index (χ3v) is 3.72. The van der Waals surface area contributed by atoms with E-state index in [9.17, 15) is 14.3 Å². The van der Waals surface area contributed by atoms with Gasteiger partial charge in [0.1, 0.15) is 5.82 Å². The van der Waals surface area contributed by atoms with Crippen LogP contribution in [0.15, 0.2) is 22.7 Å². The molecule has 1 atom stereocenters. The Bertz CT molecular complexity index is 436. The molecular weight excluding hydrogens is 303 g/mol. The van der Waals surface area contributed by atoms with Crippen LogP contribution in [0.2, 0.25) is 0 Å². The molecule has 1 aromatic carbocycles. The maximum absolute atomic E-state index is 14.0. The van der Waals surface area contributed by atoms with Gasteiger partial charge in [-0.3, -0.25) is 4.79 Å². The van der Waals surface area contributed by atoms with Crippen molar-refractivity contribution >= 4 is 21.9 Å².